The topological polar surface area (TPSA) is 94.9 Å². The van der Waals surface area contributed by atoms with Gasteiger partial charge in [0.15, 0.2) is 11.5 Å². The molecular formula is C13H13N5O3. The van der Waals surface area contributed by atoms with Gasteiger partial charge in [-0.1, -0.05) is 0 Å². The van der Waals surface area contributed by atoms with Gasteiger partial charge in [-0.2, -0.15) is 5.10 Å². The van der Waals surface area contributed by atoms with Crippen molar-refractivity contribution < 1.29 is 9.47 Å². The summed E-state index contributed by atoms with van der Waals surface area (Å²) in [7, 11) is 1.52. The second kappa shape index (κ2) is 5.61. The maximum Gasteiger partial charge on any atom is 0.258 e. The summed E-state index contributed by atoms with van der Waals surface area (Å²) in [5, 5.41) is 4.44. The average molecular weight is 287 g/mol. The standard InChI is InChI=1S/C13H13N5O3/c1-20-11-4-9-10(15-7-16-13(9)19)5-12(11)21-3-2-18-8-14-6-17-18/h4-8H,2-3H2,1H3,(H,15,16,19). The van der Waals surface area contributed by atoms with Gasteiger partial charge >= 0.3 is 0 Å². The van der Waals surface area contributed by atoms with E-state index < -0.39 is 0 Å². The van der Waals surface area contributed by atoms with Crippen LogP contribution in [0.15, 0.2) is 35.9 Å². The zero-order valence-corrected chi connectivity index (χ0v) is 11.3. The van der Waals surface area contributed by atoms with E-state index in [1.165, 1.54) is 19.8 Å². The number of nitrogens with one attached hydrogen (secondary N) is 1. The molecule has 0 amide bonds. The third kappa shape index (κ3) is 2.69. The molecule has 0 saturated carbocycles. The molecule has 0 atom stereocenters. The summed E-state index contributed by atoms with van der Waals surface area (Å²) in [6, 6.07) is 3.30. The van der Waals surface area contributed by atoms with Gasteiger partial charge in [0.2, 0.25) is 0 Å². The van der Waals surface area contributed by atoms with Crippen molar-refractivity contribution in [3.05, 3.63) is 41.5 Å². The van der Waals surface area contributed by atoms with Crippen LogP contribution in [-0.4, -0.2) is 38.4 Å². The van der Waals surface area contributed by atoms with E-state index in [0.29, 0.717) is 35.6 Å². The normalized spacial score (nSPS) is 10.7. The number of ether oxygens (including phenoxy) is 2. The van der Waals surface area contributed by atoms with Crippen LogP contribution in [0.5, 0.6) is 11.5 Å². The van der Waals surface area contributed by atoms with Crippen molar-refractivity contribution in [2.24, 2.45) is 0 Å². The molecule has 0 saturated heterocycles. The Morgan fingerprint density at radius 3 is 3.00 bits per heavy atom. The highest BCUT2D eigenvalue weighted by Gasteiger charge is 2.10. The fourth-order valence-corrected chi connectivity index (χ4v) is 1.95. The minimum absolute atomic E-state index is 0.215. The average Bonchev–Trinajstić information content (AvgIpc) is 3.00. The highest BCUT2D eigenvalue weighted by molar-refractivity contribution is 5.81. The molecule has 2 aromatic heterocycles. The van der Waals surface area contributed by atoms with Crippen molar-refractivity contribution in [2.45, 2.75) is 6.54 Å². The smallest absolute Gasteiger partial charge is 0.258 e. The van der Waals surface area contributed by atoms with Crippen LogP contribution in [0.1, 0.15) is 0 Å². The molecule has 0 unspecified atom stereocenters. The predicted octanol–water partition coefficient (Wildman–Crippen LogP) is 0.602. The van der Waals surface area contributed by atoms with E-state index >= 15 is 0 Å². The Morgan fingerprint density at radius 2 is 2.24 bits per heavy atom. The Morgan fingerprint density at radius 1 is 1.33 bits per heavy atom. The van der Waals surface area contributed by atoms with E-state index in [1.54, 1.807) is 23.1 Å². The second-order valence-corrected chi connectivity index (χ2v) is 4.26. The molecule has 8 heteroatoms. The van der Waals surface area contributed by atoms with Gasteiger partial charge in [0.05, 0.1) is 30.9 Å². The van der Waals surface area contributed by atoms with Gasteiger partial charge in [-0.15, -0.1) is 0 Å². The Hall–Kier alpha value is -2.90. The predicted molar refractivity (Wildman–Crippen MR) is 74.4 cm³/mol. The van der Waals surface area contributed by atoms with Crippen molar-refractivity contribution in [1.29, 1.82) is 0 Å². The van der Waals surface area contributed by atoms with E-state index in [-0.39, 0.29) is 5.56 Å². The number of aromatic nitrogens is 5. The van der Waals surface area contributed by atoms with E-state index in [1.807, 2.05) is 0 Å². The second-order valence-electron chi connectivity index (χ2n) is 4.26. The molecule has 0 aliphatic heterocycles. The number of benzene rings is 1. The van der Waals surface area contributed by atoms with Crippen LogP contribution >= 0.6 is 0 Å². The van der Waals surface area contributed by atoms with E-state index in [4.69, 9.17) is 9.47 Å². The fourth-order valence-electron chi connectivity index (χ4n) is 1.95. The Kier molecular flexibility index (Phi) is 3.50. The lowest BCUT2D eigenvalue weighted by atomic mass is 10.2. The van der Waals surface area contributed by atoms with Crippen molar-refractivity contribution in [3.8, 4) is 11.5 Å². The van der Waals surface area contributed by atoms with Gasteiger partial charge in [-0.3, -0.25) is 4.79 Å². The number of methoxy groups -OCH3 is 1. The molecule has 108 valence electrons. The summed E-state index contributed by atoms with van der Waals surface area (Å²) in [5.74, 6) is 1.02. The Labute approximate surface area is 119 Å². The highest BCUT2D eigenvalue weighted by Crippen LogP contribution is 2.30. The summed E-state index contributed by atoms with van der Waals surface area (Å²) in [6.07, 6.45) is 4.44. The van der Waals surface area contributed by atoms with Crippen LogP contribution in [0.3, 0.4) is 0 Å². The zero-order valence-electron chi connectivity index (χ0n) is 11.3. The first kappa shape index (κ1) is 13.1. The zero-order chi connectivity index (χ0) is 14.7. The fraction of sp³-hybridized carbons (Fsp3) is 0.231. The molecule has 0 radical (unpaired) electrons. The molecule has 0 spiro atoms. The molecule has 0 fully saturated rings. The van der Waals surface area contributed by atoms with Crippen LogP contribution < -0.4 is 15.0 Å². The molecule has 0 aliphatic rings. The number of nitrogens with zero attached hydrogens (tertiary/aromatic N) is 4. The van der Waals surface area contributed by atoms with Crippen LogP contribution in [0.2, 0.25) is 0 Å². The number of aromatic amines is 1. The van der Waals surface area contributed by atoms with Gasteiger partial charge in [-0.05, 0) is 6.07 Å². The van der Waals surface area contributed by atoms with Crippen LogP contribution in [0, 0.1) is 0 Å². The minimum atomic E-state index is -0.215. The van der Waals surface area contributed by atoms with Crippen LogP contribution in [0.4, 0.5) is 0 Å². The monoisotopic (exact) mass is 287 g/mol. The number of hydrogen-bond acceptors (Lipinski definition) is 6. The summed E-state index contributed by atoms with van der Waals surface area (Å²) in [5.41, 5.74) is 0.336. The molecule has 3 aromatic rings. The summed E-state index contributed by atoms with van der Waals surface area (Å²) < 4.78 is 12.6. The first-order valence-corrected chi connectivity index (χ1v) is 6.28. The molecule has 2 heterocycles. The number of rotatable bonds is 5. The minimum Gasteiger partial charge on any atom is -0.493 e. The molecular weight excluding hydrogens is 274 g/mol. The SMILES string of the molecule is COc1cc2c(=O)[nH]cnc2cc1OCCn1cncn1. The van der Waals surface area contributed by atoms with Crippen molar-refractivity contribution in [2.75, 3.05) is 13.7 Å². The van der Waals surface area contributed by atoms with Crippen LogP contribution in [-0.2, 0) is 6.54 Å². The molecule has 1 aromatic carbocycles. The summed E-state index contributed by atoms with van der Waals surface area (Å²) in [6.45, 7) is 0.957. The summed E-state index contributed by atoms with van der Waals surface area (Å²) in [4.78, 5) is 22.2. The van der Waals surface area contributed by atoms with Crippen molar-refractivity contribution in [3.63, 3.8) is 0 Å². The van der Waals surface area contributed by atoms with Gasteiger partial charge in [0.25, 0.3) is 5.56 Å². The molecule has 8 nitrogen and oxygen atoms in total. The highest BCUT2D eigenvalue weighted by atomic mass is 16.5. The van der Waals surface area contributed by atoms with Crippen molar-refractivity contribution in [1.82, 2.24) is 24.7 Å². The van der Waals surface area contributed by atoms with E-state index in [0.717, 1.165) is 0 Å². The molecule has 3 rings (SSSR count). The first-order valence-electron chi connectivity index (χ1n) is 6.28. The number of H-pyrrole nitrogens is 1. The van der Waals surface area contributed by atoms with Crippen LogP contribution in [0.25, 0.3) is 10.9 Å². The molecule has 0 bridgehead atoms. The Bertz CT molecular complexity index is 797. The van der Waals surface area contributed by atoms with Crippen molar-refractivity contribution >= 4 is 10.9 Å². The summed E-state index contributed by atoms with van der Waals surface area (Å²) >= 11 is 0. The van der Waals surface area contributed by atoms with Gasteiger partial charge in [0, 0.05) is 6.07 Å². The maximum atomic E-state index is 11.7. The van der Waals surface area contributed by atoms with Gasteiger partial charge < -0.3 is 14.5 Å². The lowest BCUT2D eigenvalue weighted by Gasteiger charge is -2.11. The van der Waals surface area contributed by atoms with Gasteiger partial charge in [-0.25, -0.2) is 14.6 Å². The Balaban J connectivity index is 1.85. The number of fused-ring (bicyclic) bond motifs is 1. The first-order chi connectivity index (χ1) is 10.3. The molecule has 21 heavy (non-hydrogen) atoms. The quantitative estimate of drug-likeness (QED) is 0.738. The molecule has 1 N–H and O–H groups in total. The third-order valence-electron chi connectivity index (χ3n) is 2.97. The van der Waals surface area contributed by atoms with Gasteiger partial charge in [0.1, 0.15) is 19.3 Å². The van der Waals surface area contributed by atoms with E-state index in [2.05, 4.69) is 20.1 Å². The lowest BCUT2D eigenvalue weighted by Crippen LogP contribution is -2.10. The lowest BCUT2D eigenvalue weighted by molar-refractivity contribution is 0.274. The van der Waals surface area contributed by atoms with E-state index in [9.17, 15) is 4.79 Å². The third-order valence-corrected chi connectivity index (χ3v) is 2.97. The largest absolute Gasteiger partial charge is 0.493 e. The number of hydrogen-bond donors (Lipinski definition) is 1. The maximum absolute atomic E-state index is 11.7. The molecule has 0 aliphatic carbocycles.